The number of hydrogen-bond acceptors (Lipinski definition) is 4. The zero-order valence-electron chi connectivity index (χ0n) is 8.82. The van der Waals surface area contributed by atoms with Gasteiger partial charge < -0.3 is 5.73 Å². The Hall–Kier alpha value is -1.67. The molecule has 1 heterocycles. The highest BCUT2D eigenvalue weighted by atomic mass is 35.5. The number of rotatable bonds is 2. The first-order valence-corrected chi connectivity index (χ1v) is 5.15. The third-order valence-corrected chi connectivity index (χ3v) is 2.54. The van der Waals surface area contributed by atoms with E-state index in [1.807, 2.05) is 0 Å². The second-order valence-corrected chi connectivity index (χ2v) is 3.78. The molecule has 5 nitrogen and oxygen atoms in total. The average molecular weight is 278 g/mol. The maximum Gasteiger partial charge on any atom is 0.416 e. The second-order valence-electron chi connectivity index (χ2n) is 3.37. The van der Waals surface area contributed by atoms with Crippen LogP contribution in [-0.4, -0.2) is 20.2 Å². The molecule has 0 aliphatic carbocycles. The van der Waals surface area contributed by atoms with Gasteiger partial charge in [-0.1, -0.05) is 11.6 Å². The highest BCUT2D eigenvalue weighted by Crippen LogP contribution is 2.32. The van der Waals surface area contributed by atoms with Crippen molar-refractivity contribution >= 4 is 11.6 Å². The Morgan fingerprint density at radius 3 is 2.67 bits per heavy atom. The first-order valence-electron chi connectivity index (χ1n) is 4.78. The monoisotopic (exact) mass is 277 g/mol. The first-order chi connectivity index (χ1) is 8.43. The summed E-state index contributed by atoms with van der Waals surface area (Å²) in [6.45, 7) is -0.0143. The van der Waals surface area contributed by atoms with Gasteiger partial charge in [-0.3, -0.25) is 0 Å². The third-order valence-electron chi connectivity index (χ3n) is 2.22. The summed E-state index contributed by atoms with van der Waals surface area (Å²) in [6, 6.07) is 2.90. The molecule has 0 spiro atoms. The molecule has 0 unspecified atom stereocenters. The van der Waals surface area contributed by atoms with Crippen molar-refractivity contribution in [1.82, 2.24) is 20.2 Å². The molecule has 1 aromatic heterocycles. The maximum absolute atomic E-state index is 12.6. The molecule has 2 rings (SSSR count). The van der Waals surface area contributed by atoms with Gasteiger partial charge >= 0.3 is 6.18 Å². The first kappa shape index (κ1) is 12.8. The summed E-state index contributed by atoms with van der Waals surface area (Å²) in [7, 11) is 0. The molecule has 0 fully saturated rings. The molecule has 2 N–H and O–H groups in total. The van der Waals surface area contributed by atoms with E-state index in [0.717, 1.165) is 22.9 Å². The Bertz CT molecular complexity index is 566. The highest BCUT2D eigenvalue weighted by Gasteiger charge is 2.31. The number of alkyl halides is 3. The van der Waals surface area contributed by atoms with E-state index in [2.05, 4.69) is 15.5 Å². The lowest BCUT2D eigenvalue weighted by molar-refractivity contribution is -0.137. The van der Waals surface area contributed by atoms with Crippen LogP contribution < -0.4 is 5.73 Å². The molecule has 0 radical (unpaired) electrons. The van der Waals surface area contributed by atoms with Gasteiger partial charge in [-0.2, -0.15) is 17.9 Å². The second kappa shape index (κ2) is 4.54. The largest absolute Gasteiger partial charge is 0.416 e. The normalized spacial score (nSPS) is 11.8. The Balaban J connectivity index is 2.57. The number of benzene rings is 1. The van der Waals surface area contributed by atoms with E-state index in [-0.39, 0.29) is 23.1 Å². The van der Waals surface area contributed by atoms with Gasteiger partial charge in [0.15, 0.2) is 5.82 Å². The fourth-order valence-electron chi connectivity index (χ4n) is 1.37. The van der Waals surface area contributed by atoms with Crippen LogP contribution in [0.3, 0.4) is 0 Å². The smallest absolute Gasteiger partial charge is 0.324 e. The molecule has 0 saturated carbocycles. The van der Waals surface area contributed by atoms with Gasteiger partial charge in [-0.25, -0.2) is 0 Å². The number of hydrogen-bond donors (Lipinski definition) is 1. The van der Waals surface area contributed by atoms with E-state index in [4.69, 9.17) is 17.3 Å². The van der Waals surface area contributed by atoms with Crippen molar-refractivity contribution < 1.29 is 13.2 Å². The SMILES string of the molecule is NCc1nnnn1-c1cc(C(F)(F)F)ccc1Cl. The zero-order chi connectivity index (χ0) is 13.3. The van der Waals surface area contributed by atoms with Gasteiger partial charge in [0.1, 0.15) is 0 Å². The fraction of sp³-hybridized carbons (Fsp3) is 0.222. The van der Waals surface area contributed by atoms with Crippen LogP contribution in [0.1, 0.15) is 11.4 Å². The van der Waals surface area contributed by atoms with Crippen molar-refractivity contribution in [1.29, 1.82) is 0 Å². The van der Waals surface area contributed by atoms with E-state index >= 15 is 0 Å². The molecular formula is C9H7ClF3N5. The minimum atomic E-state index is -4.46. The van der Waals surface area contributed by atoms with E-state index in [1.165, 1.54) is 0 Å². The van der Waals surface area contributed by atoms with E-state index in [9.17, 15) is 13.2 Å². The molecule has 0 saturated heterocycles. The molecule has 2 aromatic rings. The molecule has 96 valence electrons. The summed E-state index contributed by atoms with van der Waals surface area (Å²) >= 11 is 5.84. The Morgan fingerprint density at radius 1 is 1.33 bits per heavy atom. The minimum Gasteiger partial charge on any atom is -0.324 e. The van der Waals surface area contributed by atoms with Crippen LogP contribution in [0.2, 0.25) is 5.02 Å². The molecule has 0 aliphatic rings. The Kier molecular flexibility index (Phi) is 3.22. The van der Waals surface area contributed by atoms with Crippen molar-refractivity contribution in [2.45, 2.75) is 12.7 Å². The summed E-state index contributed by atoms with van der Waals surface area (Å²) in [5.41, 5.74) is 4.58. The van der Waals surface area contributed by atoms with Crippen molar-refractivity contribution in [3.63, 3.8) is 0 Å². The highest BCUT2D eigenvalue weighted by molar-refractivity contribution is 6.32. The van der Waals surface area contributed by atoms with Crippen LogP contribution in [0.5, 0.6) is 0 Å². The number of aromatic nitrogens is 4. The summed E-state index contributed by atoms with van der Waals surface area (Å²) in [6.07, 6.45) is -4.46. The van der Waals surface area contributed by atoms with Gasteiger partial charge in [0.2, 0.25) is 0 Å². The van der Waals surface area contributed by atoms with Crippen molar-refractivity contribution in [3.05, 3.63) is 34.6 Å². The zero-order valence-corrected chi connectivity index (χ0v) is 9.57. The van der Waals surface area contributed by atoms with Crippen molar-refractivity contribution in [3.8, 4) is 5.69 Å². The van der Waals surface area contributed by atoms with Crippen LogP contribution in [0.15, 0.2) is 18.2 Å². The van der Waals surface area contributed by atoms with Crippen LogP contribution in [0.4, 0.5) is 13.2 Å². The average Bonchev–Trinajstić information content (AvgIpc) is 2.76. The molecule has 18 heavy (non-hydrogen) atoms. The topological polar surface area (TPSA) is 69.6 Å². The number of nitrogens with zero attached hydrogens (tertiary/aromatic N) is 4. The summed E-state index contributed by atoms with van der Waals surface area (Å²) in [5, 5.41) is 10.6. The molecule has 0 atom stereocenters. The third kappa shape index (κ3) is 2.29. The Labute approximate surface area is 104 Å². The van der Waals surface area contributed by atoms with Crippen LogP contribution in [-0.2, 0) is 12.7 Å². The molecule has 0 bridgehead atoms. The van der Waals surface area contributed by atoms with Crippen molar-refractivity contribution in [2.75, 3.05) is 0 Å². The maximum atomic E-state index is 12.6. The van der Waals surface area contributed by atoms with E-state index < -0.39 is 11.7 Å². The standard InChI is InChI=1S/C9H7ClF3N5/c10-6-2-1-5(9(11,12)13)3-7(6)18-8(4-14)15-16-17-18/h1-3H,4,14H2. The van der Waals surface area contributed by atoms with Gasteiger partial charge in [-0.05, 0) is 28.6 Å². The van der Waals surface area contributed by atoms with Crippen LogP contribution in [0, 0.1) is 0 Å². The van der Waals surface area contributed by atoms with Gasteiger partial charge in [0, 0.05) is 0 Å². The predicted molar refractivity (Wildman–Crippen MR) is 57.1 cm³/mol. The lowest BCUT2D eigenvalue weighted by Gasteiger charge is -2.10. The van der Waals surface area contributed by atoms with Gasteiger partial charge in [-0.15, -0.1) is 5.10 Å². The van der Waals surface area contributed by atoms with E-state index in [1.54, 1.807) is 0 Å². The fourth-order valence-corrected chi connectivity index (χ4v) is 1.57. The van der Waals surface area contributed by atoms with Crippen LogP contribution in [0.25, 0.3) is 5.69 Å². The molecule has 0 amide bonds. The summed E-state index contributed by atoms with van der Waals surface area (Å²) in [4.78, 5) is 0. The number of nitrogens with two attached hydrogens (primary N) is 1. The predicted octanol–water partition coefficient (Wildman–Crippen LogP) is 1.79. The molecule has 9 heteroatoms. The molecule has 0 aliphatic heterocycles. The van der Waals surface area contributed by atoms with E-state index in [0.29, 0.717) is 0 Å². The molecular weight excluding hydrogens is 271 g/mol. The number of halogens is 4. The lowest BCUT2D eigenvalue weighted by Crippen LogP contribution is -2.11. The van der Waals surface area contributed by atoms with Crippen molar-refractivity contribution in [2.24, 2.45) is 5.73 Å². The van der Waals surface area contributed by atoms with Gasteiger partial charge in [0.25, 0.3) is 0 Å². The molecule has 1 aromatic carbocycles. The Morgan fingerprint density at radius 2 is 2.06 bits per heavy atom. The number of tetrazole rings is 1. The summed E-state index contributed by atoms with van der Waals surface area (Å²) in [5.74, 6) is 0.219. The van der Waals surface area contributed by atoms with Gasteiger partial charge in [0.05, 0.1) is 22.8 Å². The van der Waals surface area contributed by atoms with Crippen LogP contribution >= 0.6 is 11.6 Å². The lowest BCUT2D eigenvalue weighted by atomic mass is 10.2. The quantitative estimate of drug-likeness (QED) is 0.909. The summed E-state index contributed by atoms with van der Waals surface area (Å²) < 4.78 is 38.9. The minimum absolute atomic E-state index is 0.0143.